The predicted octanol–water partition coefficient (Wildman–Crippen LogP) is 2.31. The number of hydrogen-bond acceptors (Lipinski definition) is 4. The van der Waals surface area contributed by atoms with Crippen molar-refractivity contribution < 1.29 is 9.90 Å². The minimum absolute atomic E-state index is 0.00258. The van der Waals surface area contributed by atoms with Crippen molar-refractivity contribution in [3.05, 3.63) is 52.5 Å². The van der Waals surface area contributed by atoms with Crippen molar-refractivity contribution in [2.75, 3.05) is 0 Å². The summed E-state index contributed by atoms with van der Waals surface area (Å²) in [6, 6.07) is 7.79. The fourth-order valence-corrected chi connectivity index (χ4v) is 3.57. The Morgan fingerprint density at radius 2 is 2.29 bits per heavy atom. The molecule has 2 heterocycles. The normalized spacial score (nSPS) is 22.3. The zero-order valence-electron chi connectivity index (χ0n) is 11.6. The first-order valence-corrected chi connectivity index (χ1v) is 8.00. The molecule has 0 saturated heterocycles. The highest BCUT2D eigenvalue weighted by atomic mass is 32.1. The maximum Gasteiger partial charge on any atom is 0.224 e. The molecule has 1 amide bonds. The molecule has 0 aromatic carbocycles. The molecule has 0 unspecified atom stereocenters. The second kappa shape index (κ2) is 6.37. The van der Waals surface area contributed by atoms with Crippen molar-refractivity contribution in [1.82, 2.24) is 10.3 Å². The Kier molecular flexibility index (Phi) is 4.31. The summed E-state index contributed by atoms with van der Waals surface area (Å²) in [4.78, 5) is 17.4. The number of carbonyl (C=O) groups excluding carboxylic acids is 1. The van der Waals surface area contributed by atoms with Gasteiger partial charge in [0.25, 0.3) is 0 Å². The Morgan fingerprint density at radius 3 is 2.90 bits per heavy atom. The summed E-state index contributed by atoms with van der Waals surface area (Å²) in [5, 5.41) is 14.7. The lowest BCUT2D eigenvalue weighted by molar-refractivity contribution is -0.122. The van der Waals surface area contributed by atoms with E-state index in [1.165, 1.54) is 0 Å². The molecular weight excluding hydrogens is 284 g/mol. The lowest BCUT2D eigenvalue weighted by Crippen LogP contribution is -2.41. The van der Waals surface area contributed by atoms with Crippen molar-refractivity contribution in [3.8, 4) is 0 Å². The van der Waals surface area contributed by atoms with Gasteiger partial charge in [-0.3, -0.25) is 9.78 Å². The molecule has 5 heteroatoms. The van der Waals surface area contributed by atoms with Crippen LogP contribution >= 0.6 is 11.3 Å². The molecule has 0 aliphatic heterocycles. The molecule has 0 radical (unpaired) electrons. The van der Waals surface area contributed by atoms with Crippen LogP contribution < -0.4 is 5.32 Å². The summed E-state index contributed by atoms with van der Waals surface area (Å²) in [5.41, 5.74) is 0.911. The van der Waals surface area contributed by atoms with Gasteiger partial charge < -0.3 is 10.4 Å². The fourth-order valence-electron chi connectivity index (χ4n) is 2.70. The van der Waals surface area contributed by atoms with Crippen LogP contribution in [0.25, 0.3) is 0 Å². The second-order valence-corrected chi connectivity index (χ2v) is 6.46. The van der Waals surface area contributed by atoms with Gasteiger partial charge >= 0.3 is 0 Å². The molecule has 1 atom stereocenters. The van der Waals surface area contributed by atoms with Crippen LogP contribution in [0.4, 0.5) is 0 Å². The molecule has 2 N–H and O–H groups in total. The third kappa shape index (κ3) is 3.49. The Morgan fingerprint density at radius 1 is 1.43 bits per heavy atom. The number of rotatable bonds is 5. The number of pyridine rings is 1. The molecule has 4 nitrogen and oxygen atoms in total. The van der Waals surface area contributed by atoms with E-state index in [9.17, 15) is 9.90 Å². The van der Waals surface area contributed by atoms with Gasteiger partial charge in [-0.05, 0) is 41.8 Å². The summed E-state index contributed by atoms with van der Waals surface area (Å²) >= 11 is 1.65. The lowest BCUT2D eigenvalue weighted by atomic mass is 9.76. The van der Waals surface area contributed by atoms with Gasteiger partial charge in [0.05, 0.1) is 18.6 Å². The fraction of sp³-hybridized carbons (Fsp3) is 0.375. The van der Waals surface area contributed by atoms with Gasteiger partial charge in [0.1, 0.15) is 0 Å². The molecule has 1 aliphatic carbocycles. The highest BCUT2D eigenvalue weighted by Gasteiger charge is 2.36. The standard InChI is InChI=1S/C16H18N2O2S/c19-13-8-12(9-13)16(14-4-2-6-21-14)18-15(20)7-11-3-1-5-17-10-11/h1-6,10,12-13,16,19H,7-9H2,(H,18,20)/t12?,13?,16-/m1/s1. The van der Waals surface area contributed by atoms with Crippen LogP contribution in [0.2, 0.25) is 0 Å². The van der Waals surface area contributed by atoms with Crippen LogP contribution in [-0.2, 0) is 11.2 Å². The molecule has 1 aliphatic rings. The highest BCUT2D eigenvalue weighted by Crippen LogP contribution is 2.39. The third-order valence-electron chi connectivity index (χ3n) is 3.87. The van der Waals surface area contributed by atoms with Crippen molar-refractivity contribution in [3.63, 3.8) is 0 Å². The molecular formula is C16H18N2O2S. The molecule has 21 heavy (non-hydrogen) atoms. The van der Waals surface area contributed by atoms with Gasteiger partial charge in [-0.1, -0.05) is 12.1 Å². The van der Waals surface area contributed by atoms with Gasteiger partial charge in [0, 0.05) is 17.3 Å². The molecule has 3 rings (SSSR count). The molecule has 2 aromatic heterocycles. The monoisotopic (exact) mass is 302 g/mol. The minimum Gasteiger partial charge on any atom is -0.393 e. The largest absolute Gasteiger partial charge is 0.393 e. The van der Waals surface area contributed by atoms with Gasteiger partial charge in [0.2, 0.25) is 5.91 Å². The lowest BCUT2D eigenvalue weighted by Gasteiger charge is -2.37. The number of nitrogens with zero attached hydrogens (tertiary/aromatic N) is 1. The first-order valence-electron chi connectivity index (χ1n) is 7.12. The minimum atomic E-state index is -0.215. The van der Waals surface area contributed by atoms with Gasteiger partial charge in [0.15, 0.2) is 0 Å². The van der Waals surface area contributed by atoms with Gasteiger partial charge in [-0.25, -0.2) is 0 Å². The Balaban J connectivity index is 1.65. The Labute approximate surface area is 127 Å². The quantitative estimate of drug-likeness (QED) is 0.891. The van der Waals surface area contributed by atoms with Crippen LogP contribution in [0.5, 0.6) is 0 Å². The van der Waals surface area contributed by atoms with E-state index in [-0.39, 0.29) is 18.1 Å². The summed E-state index contributed by atoms with van der Waals surface area (Å²) in [6.45, 7) is 0. The summed E-state index contributed by atoms with van der Waals surface area (Å²) in [6.07, 6.45) is 5.06. The smallest absolute Gasteiger partial charge is 0.224 e. The zero-order chi connectivity index (χ0) is 14.7. The van der Waals surface area contributed by atoms with Crippen LogP contribution in [0.15, 0.2) is 42.0 Å². The molecule has 2 aromatic rings. The van der Waals surface area contributed by atoms with Gasteiger partial charge in [-0.15, -0.1) is 11.3 Å². The zero-order valence-corrected chi connectivity index (χ0v) is 12.4. The molecule has 1 fully saturated rings. The van der Waals surface area contributed by atoms with E-state index in [2.05, 4.69) is 10.3 Å². The number of aliphatic hydroxyl groups excluding tert-OH is 1. The average Bonchev–Trinajstić information content (AvgIpc) is 2.97. The van der Waals surface area contributed by atoms with E-state index in [0.29, 0.717) is 12.3 Å². The molecule has 1 saturated carbocycles. The van der Waals surface area contributed by atoms with Gasteiger partial charge in [-0.2, -0.15) is 0 Å². The van der Waals surface area contributed by atoms with Crippen LogP contribution in [0.3, 0.4) is 0 Å². The second-order valence-electron chi connectivity index (χ2n) is 5.48. The Bertz CT molecular complexity index is 580. The molecule has 0 spiro atoms. The van der Waals surface area contributed by atoms with E-state index in [1.54, 1.807) is 23.7 Å². The van der Waals surface area contributed by atoms with Crippen molar-refractivity contribution in [2.45, 2.75) is 31.4 Å². The van der Waals surface area contributed by atoms with Crippen molar-refractivity contribution in [1.29, 1.82) is 0 Å². The molecule has 110 valence electrons. The third-order valence-corrected chi connectivity index (χ3v) is 4.83. The first kappa shape index (κ1) is 14.2. The van der Waals surface area contributed by atoms with E-state index in [4.69, 9.17) is 0 Å². The topological polar surface area (TPSA) is 62.2 Å². The highest BCUT2D eigenvalue weighted by molar-refractivity contribution is 7.10. The van der Waals surface area contributed by atoms with E-state index in [0.717, 1.165) is 23.3 Å². The Hall–Kier alpha value is -1.72. The van der Waals surface area contributed by atoms with Crippen LogP contribution in [0, 0.1) is 5.92 Å². The van der Waals surface area contributed by atoms with Crippen molar-refractivity contribution in [2.24, 2.45) is 5.92 Å². The van der Waals surface area contributed by atoms with Crippen LogP contribution in [-0.4, -0.2) is 22.1 Å². The predicted molar refractivity (Wildman–Crippen MR) is 81.9 cm³/mol. The average molecular weight is 302 g/mol. The number of aliphatic hydroxyl groups is 1. The summed E-state index contributed by atoms with van der Waals surface area (Å²) in [5.74, 6) is 0.333. The van der Waals surface area contributed by atoms with Crippen molar-refractivity contribution >= 4 is 17.2 Å². The maximum absolute atomic E-state index is 12.2. The number of nitrogens with one attached hydrogen (secondary N) is 1. The number of amides is 1. The SMILES string of the molecule is O=C(Cc1cccnc1)N[C@@H](c1cccs1)C1CC(O)C1. The van der Waals surface area contributed by atoms with E-state index >= 15 is 0 Å². The summed E-state index contributed by atoms with van der Waals surface area (Å²) in [7, 11) is 0. The first-order chi connectivity index (χ1) is 10.2. The maximum atomic E-state index is 12.2. The van der Waals surface area contributed by atoms with E-state index in [1.807, 2.05) is 29.6 Å². The number of hydrogen-bond donors (Lipinski definition) is 2. The molecule has 0 bridgehead atoms. The number of aromatic nitrogens is 1. The summed E-state index contributed by atoms with van der Waals surface area (Å²) < 4.78 is 0. The number of thiophene rings is 1. The number of carbonyl (C=O) groups is 1. The van der Waals surface area contributed by atoms with Crippen LogP contribution in [0.1, 0.15) is 29.3 Å². The van der Waals surface area contributed by atoms with E-state index < -0.39 is 0 Å².